The Morgan fingerprint density at radius 2 is 1.96 bits per heavy atom. The number of aliphatic imine (C=N–C) groups is 1. The molecule has 0 aliphatic carbocycles. The van der Waals surface area contributed by atoms with E-state index in [1.165, 1.54) is 6.07 Å². The van der Waals surface area contributed by atoms with E-state index in [2.05, 4.69) is 29.8 Å². The number of anilines is 1. The zero-order valence-corrected chi connectivity index (χ0v) is 12.8. The molecule has 9 nitrogen and oxygen atoms in total. The van der Waals surface area contributed by atoms with Gasteiger partial charge in [-0.1, -0.05) is 0 Å². The van der Waals surface area contributed by atoms with E-state index in [0.29, 0.717) is 30.7 Å². The molecule has 0 unspecified atom stereocenters. The monoisotopic (exact) mass is 314 g/mol. The standard InChI is InChI=1S/C14H18N8O/c1-10-9-11(23)19-13(18-10)20-12(15)21-5-7-22(8-6-21)14-16-3-2-4-17-14/h2-4,9H,5-8H2,1H3,(H3,15,18,19,20,23). The molecule has 3 rings (SSSR count). The van der Waals surface area contributed by atoms with Crippen molar-refractivity contribution >= 4 is 17.9 Å². The van der Waals surface area contributed by atoms with Gasteiger partial charge in [-0.2, -0.15) is 4.99 Å². The number of H-pyrrole nitrogens is 1. The molecule has 1 saturated heterocycles. The van der Waals surface area contributed by atoms with Crippen molar-refractivity contribution in [2.45, 2.75) is 6.92 Å². The lowest BCUT2D eigenvalue weighted by Gasteiger charge is -2.35. The molecule has 2 aromatic heterocycles. The number of aromatic amines is 1. The molecular formula is C14H18N8O. The second-order valence-corrected chi connectivity index (χ2v) is 5.20. The van der Waals surface area contributed by atoms with Gasteiger partial charge >= 0.3 is 0 Å². The fourth-order valence-corrected chi connectivity index (χ4v) is 2.39. The summed E-state index contributed by atoms with van der Waals surface area (Å²) in [5.74, 6) is 1.28. The van der Waals surface area contributed by atoms with E-state index in [-0.39, 0.29) is 11.5 Å². The molecule has 0 saturated carbocycles. The average Bonchev–Trinajstić information content (AvgIpc) is 2.55. The summed E-state index contributed by atoms with van der Waals surface area (Å²) in [5, 5.41) is 0. The molecule has 120 valence electrons. The van der Waals surface area contributed by atoms with Crippen molar-refractivity contribution in [3.8, 4) is 0 Å². The summed E-state index contributed by atoms with van der Waals surface area (Å²) in [6.45, 7) is 4.63. The molecular weight excluding hydrogens is 296 g/mol. The third-order valence-corrected chi connectivity index (χ3v) is 3.52. The molecule has 0 aromatic carbocycles. The van der Waals surface area contributed by atoms with Crippen LogP contribution in [0.15, 0.2) is 34.3 Å². The first-order valence-corrected chi connectivity index (χ1v) is 7.31. The SMILES string of the molecule is Cc1cc(=O)[nH]c(/N=C(\N)N2CCN(c3ncccn3)CC2)n1. The van der Waals surface area contributed by atoms with Crippen molar-refractivity contribution in [3.05, 3.63) is 40.6 Å². The van der Waals surface area contributed by atoms with Crippen LogP contribution in [0.4, 0.5) is 11.9 Å². The highest BCUT2D eigenvalue weighted by atomic mass is 16.1. The number of nitrogens with one attached hydrogen (secondary N) is 1. The van der Waals surface area contributed by atoms with Crippen molar-refractivity contribution in [3.63, 3.8) is 0 Å². The summed E-state index contributed by atoms with van der Waals surface area (Å²) in [4.78, 5) is 34.9. The van der Waals surface area contributed by atoms with Crippen molar-refractivity contribution in [2.24, 2.45) is 10.7 Å². The number of piperazine rings is 1. The lowest BCUT2D eigenvalue weighted by molar-refractivity contribution is 0.379. The van der Waals surface area contributed by atoms with Crippen LogP contribution in [0.3, 0.4) is 0 Å². The van der Waals surface area contributed by atoms with Crippen LogP contribution in [0.5, 0.6) is 0 Å². The van der Waals surface area contributed by atoms with Crippen LogP contribution < -0.4 is 16.2 Å². The van der Waals surface area contributed by atoms with E-state index in [1.54, 1.807) is 25.4 Å². The maximum Gasteiger partial charge on any atom is 0.252 e. The van der Waals surface area contributed by atoms with Gasteiger partial charge < -0.3 is 15.5 Å². The first kappa shape index (κ1) is 14.9. The van der Waals surface area contributed by atoms with Gasteiger partial charge in [-0.25, -0.2) is 15.0 Å². The van der Waals surface area contributed by atoms with Crippen molar-refractivity contribution in [2.75, 3.05) is 31.1 Å². The third kappa shape index (κ3) is 3.62. The van der Waals surface area contributed by atoms with Crippen LogP contribution in [0.25, 0.3) is 0 Å². The molecule has 1 fully saturated rings. The zero-order valence-electron chi connectivity index (χ0n) is 12.8. The lowest BCUT2D eigenvalue weighted by Crippen LogP contribution is -2.51. The minimum Gasteiger partial charge on any atom is -0.369 e. The number of aromatic nitrogens is 4. The molecule has 0 bridgehead atoms. The van der Waals surface area contributed by atoms with Gasteiger partial charge in [-0.3, -0.25) is 9.78 Å². The molecule has 23 heavy (non-hydrogen) atoms. The molecule has 3 heterocycles. The third-order valence-electron chi connectivity index (χ3n) is 3.52. The average molecular weight is 314 g/mol. The predicted octanol–water partition coefficient (Wildman–Crippen LogP) is -0.363. The van der Waals surface area contributed by atoms with Gasteiger partial charge in [-0.05, 0) is 13.0 Å². The normalized spacial score (nSPS) is 15.8. The minimum absolute atomic E-state index is 0.223. The summed E-state index contributed by atoms with van der Waals surface area (Å²) in [6, 6.07) is 3.20. The number of hydrogen-bond acceptors (Lipinski definition) is 6. The van der Waals surface area contributed by atoms with Crippen molar-refractivity contribution in [1.82, 2.24) is 24.8 Å². The Hall–Kier alpha value is -2.97. The molecule has 3 N–H and O–H groups in total. The van der Waals surface area contributed by atoms with Crippen molar-refractivity contribution < 1.29 is 0 Å². The number of nitrogens with zero attached hydrogens (tertiary/aromatic N) is 6. The Bertz CT molecular complexity index is 749. The Balaban J connectivity index is 1.67. The maximum absolute atomic E-state index is 11.4. The summed E-state index contributed by atoms with van der Waals surface area (Å²) in [5.41, 5.74) is 6.39. The number of nitrogens with two attached hydrogens (primary N) is 1. The number of guanidine groups is 1. The van der Waals surface area contributed by atoms with Gasteiger partial charge in [0.2, 0.25) is 11.9 Å². The van der Waals surface area contributed by atoms with Crippen LogP contribution in [0.1, 0.15) is 5.69 Å². The molecule has 0 radical (unpaired) electrons. The van der Waals surface area contributed by atoms with E-state index in [1.807, 2.05) is 4.90 Å². The van der Waals surface area contributed by atoms with E-state index in [0.717, 1.165) is 13.1 Å². The molecule has 9 heteroatoms. The van der Waals surface area contributed by atoms with Crippen molar-refractivity contribution in [1.29, 1.82) is 0 Å². The number of rotatable bonds is 2. The quantitative estimate of drug-likeness (QED) is 0.574. The summed E-state index contributed by atoms with van der Waals surface area (Å²) < 4.78 is 0. The van der Waals surface area contributed by atoms with Gasteiger partial charge in [-0.15, -0.1) is 0 Å². The summed E-state index contributed by atoms with van der Waals surface area (Å²) in [7, 11) is 0. The van der Waals surface area contributed by atoms with Crippen LogP contribution in [-0.2, 0) is 0 Å². The highest BCUT2D eigenvalue weighted by Crippen LogP contribution is 2.10. The Morgan fingerprint density at radius 1 is 1.26 bits per heavy atom. The smallest absolute Gasteiger partial charge is 0.252 e. The van der Waals surface area contributed by atoms with E-state index < -0.39 is 0 Å². The molecule has 1 aliphatic heterocycles. The van der Waals surface area contributed by atoms with Crippen LogP contribution in [0.2, 0.25) is 0 Å². The van der Waals surface area contributed by atoms with Gasteiger partial charge in [0.1, 0.15) is 0 Å². The van der Waals surface area contributed by atoms with Gasteiger partial charge in [0.05, 0.1) is 0 Å². The fraction of sp³-hybridized carbons (Fsp3) is 0.357. The van der Waals surface area contributed by atoms with Crippen LogP contribution in [0, 0.1) is 6.92 Å². The first-order valence-electron chi connectivity index (χ1n) is 7.31. The fourth-order valence-electron chi connectivity index (χ4n) is 2.39. The molecule has 1 aliphatic rings. The largest absolute Gasteiger partial charge is 0.369 e. The van der Waals surface area contributed by atoms with E-state index in [4.69, 9.17) is 5.73 Å². The van der Waals surface area contributed by atoms with Crippen LogP contribution >= 0.6 is 0 Å². The Kier molecular flexibility index (Phi) is 4.18. The van der Waals surface area contributed by atoms with Gasteiger partial charge in [0, 0.05) is 50.3 Å². The topological polar surface area (TPSA) is 116 Å². The van der Waals surface area contributed by atoms with E-state index in [9.17, 15) is 4.79 Å². The highest BCUT2D eigenvalue weighted by Gasteiger charge is 2.20. The predicted molar refractivity (Wildman–Crippen MR) is 86.7 cm³/mol. The van der Waals surface area contributed by atoms with Gasteiger partial charge in [0.25, 0.3) is 5.56 Å². The Morgan fingerprint density at radius 3 is 2.61 bits per heavy atom. The maximum atomic E-state index is 11.4. The van der Waals surface area contributed by atoms with E-state index >= 15 is 0 Å². The summed E-state index contributed by atoms with van der Waals surface area (Å²) in [6.07, 6.45) is 3.45. The molecule has 0 spiro atoms. The molecule has 0 amide bonds. The second kappa shape index (κ2) is 6.42. The van der Waals surface area contributed by atoms with Crippen LogP contribution in [-0.4, -0.2) is 57.0 Å². The zero-order chi connectivity index (χ0) is 16.2. The molecule has 0 atom stereocenters. The Labute approximate surface area is 132 Å². The summed E-state index contributed by atoms with van der Waals surface area (Å²) >= 11 is 0. The second-order valence-electron chi connectivity index (χ2n) is 5.20. The number of hydrogen-bond donors (Lipinski definition) is 2. The molecule has 2 aromatic rings. The number of aryl methyl sites for hydroxylation is 1. The minimum atomic E-state index is -0.241. The first-order chi connectivity index (χ1) is 11.1. The highest BCUT2D eigenvalue weighted by molar-refractivity contribution is 5.80. The lowest BCUT2D eigenvalue weighted by atomic mass is 10.3. The van der Waals surface area contributed by atoms with Gasteiger partial charge in [0.15, 0.2) is 5.96 Å².